The van der Waals surface area contributed by atoms with E-state index in [9.17, 15) is 4.79 Å². The molecular formula is C13H27Cl2N3O. The van der Waals surface area contributed by atoms with E-state index >= 15 is 0 Å². The average Bonchev–Trinajstić information content (AvgIpc) is 2.39. The van der Waals surface area contributed by atoms with Gasteiger partial charge in [-0.3, -0.25) is 9.69 Å². The van der Waals surface area contributed by atoms with Crippen molar-refractivity contribution >= 4 is 30.7 Å². The number of hydrogen-bond acceptors (Lipinski definition) is 3. The van der Waals surface area contributed by atoms with Crippen molar-refractivity contribution in [1.29, 1.82) is 0 Å². The van der Waals surface area contributed by atoms with E-state index in [0.717, 1.165) is 39.1 Å². The van der Waals surface area contributed by atoms with Crippen molar-refractivity contribution in [2.75, 3.05) is 32.7 Å². The van der Waals surface area contributed by atoms with E-state index in [4.69, 9.17) is 0 Å². The standard InChI is InChI=1S/C13H25N3O.2ClH/c1-11(2)15-7-9-16(10-8-15)13(17)12-5-3-4-6-14-12;;/h11-12,14H,3-10H2,1-2H3;2*1H. The van der Waals surface area contributed by atoms with Crippen LogP contribution in [0.4, 0.5) is 0 Å². The van der Waals surface area contributed by atoms with Crippen LogP contribution in [0.1, 0.15) is 33.1 Å². The Labute approximate surface area is 129 Å². The number of amides is 1. The van der Waals surface area contributed by atoms with Crippen LogP contribution in [0.2, 0.25) is 0 Å². The third-order valence-corrected chi connectivity index (χ3v) is 3.96. The fourth-order valence-corrected chi connectivity index (χ4v) is 2.74. The average molecular weight is 312 g/mol. The zero-order valence-electron chi connectivity index (χ0n) is 11.9. The lowest BCUT2D eigenvalue weighted by atomic mass is 10.0. The van der Waals surface area contributed by atoms with Gasteiger partial charge in [0, 0.05) is 32.2 Å². The lowest BCUT2D eigenvalue weighted by molar-refractivity contribution is -0.136. The maximum atomic E-state index is 12.3. The Morgan fingerprint density at radius 3 is 2.21 bits per heavy atom. The van der Waals surface area contributed by atoms with Crippen LogP contribution < -0.4 is 5.32 Å². The van der Waals surface area contributed by atoms with Crippen molar-refractivity contribution in [3.05, 3.63) is 0 Å². The van der Waals surface area contributed by atoms with Crippen LogP contribution in [-0.2, 0) is 4.79 Å². The summed E-state index contributed by atoms with van der Waals surface area (Å²) in [6, 6.07) is 0.689. The molecule has 114 valence electrons. The first-order chi connectivity index (χ1) is 8.18. The Morgan fingerprint density at radius 2 is 1.74 bits per heavy atom. The highest BCUT2D eigenvalue weighted by Crippen LogP contribution is 2.12. The molecule has 1 atom stereocenters. The van der Waals surface area contributed by atoms with Crippen LogP contribution >= 0.6 is 24.8 Å². The number of piperidine rings is 1. The van der Waals surface area contributed by atoms with Gasteiger partial charge in [0.2, 0.25) is 5.91 Å². The van der Waals surface area contributed by atoms with Gasteiger partial charge in [0.25, 0.3) is 0 Å². The summed E-state index contributed by atoms with van der Waals surface area (Å²) in [6.45, 7) is 9.29. The van der Waals surface area contributed by atoms with Gasteiger partial charge in [0.15, 0.2) is 0 Å². The Balaban J connectivity index is 0.00000162. The predicted octanol–water partition coefficient (Wildman–Crippen LogP) is 1.52. The van der Waals surface area contributed by atoms with Gasteiger partial charge in [-0.15, -0.1) is 24.8 Å². The molecule has 1 unspecified atom stereocenters. The molecule has 19 heavy (non-hydrogen) atoms. The molecule has 0 radical (unpaired) electrons. The smallest absolute Gasteiger partial charge is 0.239 e. The van der Waals surface area contributed by atoms with Gasteiger partial charge in [0.05, 0.1) is 6.04 Å². The molecule has 0 aliphatic carbocycles. The topological polar surface area (TPSA) is 35.6 Å². The summed E-state index contributed by atoms with van der Waals surface area (Å²) >= 11 is 0. The zero-order chi connectivity index (χ0) is 12.3. The molecule has 2 rings (SSSR count). The minimum Gasteiger partial charge on any atom is -0.339 e. The fraction of sp³-hybridized carbons (Fsp3) is 0.923. The largest absolute Gasteiger partial charge is 0.339 e. The molecule has 0 saturated carbocycles. The monoisotopic (exact) mass is 311 g/mol. The number of carbonyl (C=O) groups is 1. The van der Waals surface area contributed by atoms with Crippen molar-refractivity contribution in [2.24, 2.45) is 0 Å². The summed E-state index contributed by atoms with van der Waals surface area (Å²) in [5.74, 6) is 0.327. The van der Waals surface area contributed by atoms with Crippen molar-refractivity contribution in [3.8, 4) is 0 Å². The molecule has 2 heterocycles. The van der Waals surface area contributed by atoms with Crippen LogP contribution in [0.3, 0.4) is 0 Å². The van der Waals surface area contributed by atoms with Crippen molar-refractivity contribution < 1.29 is 4.79 Å². The molecule has 0 bridgehead atoms. The van der Waals surface area contributed by atoms with E-state index in [1.54, 1.807) is 0 Å². The quantitative estimate of drug-likeness (QED) is 0.840. The summed E-state index contributed by atoms with van der Waals surface area (Å²) in [7, 11) is 0. The second-order valence-corrected chi connectivity index (χ2v) is 5.46. The highest BCUT2D eigenvalue weighted by molar-refractivity contribution is 5.85. The Kier molecular flexibility index (Phi) is 8.99. The lowest BCUT2D eigenvalue weighted by Crippen LogP contribution is -2.55. The summed E-state index contributed by atoms with van der Waals surface area (Å²) in [5, 5.41) is 3.35. The second kappa shape index (κ2) is 9.01. The first-order valence-corrected chi connectivity index (χ1v) is 6.94. The zero-order valence-corrected chi connectivity index (χ0v) is 13.6. The third kappa shape index (κ3) is 5.10. The minimum absolute atomic E-state index is 0. The van der Waals surface area contributed by atoms with Crippen LogP contribution in [0.25, 0.3) is 0 Å². The molecule has 2 aliphatic rings. The lowest BCUT2D eigenvalue weighted by Gasteiger charge is -2.38. The summed E-state index contributed by atoms with van der Waals surface area (Å²) in [6.07, 6.45) is 3.42. The van der Waals surface area contributed by atoms with E-state index in [2.05, 4.69) is 24.1 Å². The van der Waals surface area contributed by atoms with E-state index in [-0.39, 0.29) is 30.9 Å². The van der Waals surface area contributed by atoms with Gasteiger partial charge in [-0.25, -0.2) is 0 Å². The van der Waals surface area contributed by atoms with Crippen LogP contribution in [0.15, 0.2) is 0 Å². The SMILES string of the molecule is CC(C)N1CCN(C(=O)C2CCCCN2)CC1.Cl.Cl. The van der Waals surface area contributed by atoms with E-state index in [1.165, 1.54) is 12.8 Å². The number of halogens is 2. The predicted molar refractivity (Wildman–Crippen MR) is 83.4 cm³/mol. The number of hydrogen-bond donors (Lipinski definition) is 1. The molecule has 2 aliphatic heterocycles. The number of rotatable bonds is 2. The van der Waals surface area contributed by atoms with Gasteiger partial charge < -0.3 is 10.2 Å². The van der Waals surface area contributed by atoms with Crippen LogP contribution in [-0.4, -0.2) is 60.5 Å². The van der Waals surface area contributed by atoms with Crippen LogP contribution in [0.5, 0.6) is 0 Å². The number of nitrogens with one attached hydrogen (secondary N) is 1. The first kappa shape index (κ1) is 19.0. The maximum absolute atomic E-state index is 12.3. The Bertz CT molecular complexity index is 263. The van der Waals surface area contributed by atoms with E-state index < -0.39 is 0 Å². The van der Waals surface area contributed by atoms with Gasteiger partial charge in [-0.05, 0) is 33.2 Å². The third-order valence-electron chi connectivity index (χ3n) is 3.96. The second-order valence-electron chi connectivity index (χ2n) is 5.46. The van der Waals surface area contributed by atoms with Crippen molar-refractivity contribution in [2.45, 2.75) is 45.2 Å². The minimum atomic E-state index is 0. The number of carbonyl (C=O) groups excluding carboxylic acids is 1. The van der Waals surface area contributed by atoms with Crippen molar-refractivity contribution in [3.63, 3.8) is 0 Å². The molecule has 0 spiro atoms. The normalized spacial score (nSPS) is 24.6. The van der Waals surface area contributed by atoms with E-state index in [0.29, 0.717) is 11.9 Å². The summed E-state index contributed by atoms with van der Waals surface area (Å²) in [4.78, 5) is 16.8. The molecule has 1 N–H and O–H groups in total. The molecule has 0 aromatic heterocycles. The molecule has 1 amide bonds. The first-order valence-electron chi connectivity index (χ1n) is 6.94. The summed E-state index contributed by atoms with van der Waals surface area (Å²) in [5.41, 5.74) is 0. The molecule has 2 fully saturated rings. The van der Waals surface area contributed by atoms with E-state index in [1.807, 2.05) is 4.90 Å². The Hall–Kier alpha value is -0.0300. The molecule has 0 aromatic carbocycles. The maximum Gasteiger partial charge on any atom is 0.239 e. The van der Waals surface area contributed by atoms with Gasteiger partial charge in [-0.2, -0.15) is 0 Å². The molecule has 0 aromatic rings. The molecule has 6 heteroatoms. The van der Waals surface area contributed by atoms with Gasteiger partial charge in [0.1, 0.15) is 0 Å². The molecule has 4 nitrogen and oxygen atoms in total. The molecular weight excluding hydrogens is 285 g/mol. The highest BCUT2D eigenvalue weighted by Gasteiger charge is 2.28. The number of nitrogens with zero attached hydrogens (tertiary/aromatic N) is 2. The van der Waals surface area contributed by atoms with Crippen molar-refractivity contribution in [1.82, 2.24) is 15.1 Å². The molecule has 2 saturated heterocycles. The fourth-order valence-electron chi connectivity index (χ4n) is 2.74. The number of piperazine rings is 1. The highest BCUT2D eigenvalue weighted by atomic mass is 35.5. The Morgan fingerprint density at radius 1 is 1.11 bits per heavy atom. The van der Waals surface area contributed by atoms with Gasteiger partial charge >= 0.3 is 0 Å². The summed E-state index contributed by atoms with van der Waals surface area (Å²) < 4.78 is 0. The van der Waals surface area contributed by atoms with Gasteiger partial charge in [-0.1, -0.05) is 6.42 Å². The van der Waals surface area contributed by atoms with Crippen LogP contribution in [0, 0.1) is 0 Å².